The van der Waals surface area contributed by atoms with Crippen molar-refractivity contribution in [2.75, 3.05) is 26.0 Å². The lowest BCUT2D eigenvalue weighted by Gasteiger charge is -2.16. The first kappa shape index (κ1) is 20.0. The van der Waals surface area contributed by atoms with Crippen molar-refractivity contribution < 1.29 is 18.0 Å². The molecule has 0 radical (unpaired) electrons. The quantitative estimate of drug-likeness (QED) is 0.805. The third-order valence-electron chi connectivity index (χ3n) is 4.62. The van der Waals surface area contributed by atoms with Crippen molar-refractivity contribution in [1.82, 2.24) is 9.21 Å². The molecule has 3 rings (SSSR count). The number of amides is 2. The molecule has 1 aliphatic rings. The molecule has 1 fully saturated rings. The minimum Gasteiger partial charge on any atom is -0.338 e. The molecule has 1 N–H and O–H groups in total. The van der Waals surface area contributed by atoms with Crippen LogP contribution in [0.25, 0.3) is 0 Å². The van der Waals surface area contributed by atoms with Gasteiger partial charge in [0.1, 0.15) is 0 Å². The third-order valence-corrected chi connectivity index (χ3v) is 6.45. The first-order valence-corrected chi connectivity index (χ1v) is 10.4. The second kappa shape index (κ2) is 8.12. The van der Waals surface area contributed by atoms with E-state index in [1.54, 1.807) is 35.2 Å². The molecular formula is C20H23N3O4S. The SMILES string of the molecule is CN(C)S(=O)(=O)c1ccc(NC(=O)c2cccc(CN3CCCC3=O)c2)cc1. The number of carbonyl (C=O) groups is 2. The number of anilines is 1. The Morgan fingerprint density at radius 3 is 2.46 bits per heavy atom. The van der Waals surface area contributed by atoms with Crippen molar-refractivity contribution in [1.29, 1.82) is 0 Å². The second-order valence-corrected chi connectivity index (χ2v) is 9.04. The predicted molar refractivity (Wildman–Crippen MR) is 106 cm³/mol. The Balaban J connectivity index is 1.69. The van der Waals surface area contributed by atoms with Crippen LogP contribution in [0.1, 0.15) is 28.8 Å². The molecule has 2 amide bonds. The summed E-state index contributed by atoms with van der Waals surface area (Å²) in [4.78, 5) is 26.3. The number of nitrogens with one attached hydrogen (secondary N) is 1. The van der Waals surface area contributed by atoms with Crippen molar-refractivity contribution in [3.05, 3.63) is 59.7 Å². The number of benzene rings is 2. The maximum Gasteiger partial charge on any atom is 0.255 e. The molecule has 0 aliphatic carbocycles. The molecular weight excluding hydrogens is 378 g/mol. The van der Waals surface area contributed by atoms with E-state index in [1.807, 2.05) is 6.07 Å². The van der Waals surface area contributed by atoms with Gasteiger partial charge in [-0.15, -0.1) is 0 Å². The number of hydrogen-bond acceptors (Lipinski definition) is 4. The van der Waals surface area contributed by atoms with Crippen molar-refractivity contribution in [3.8, 4) is 0 Å². The Bertz CT molecular complexity index is 985. The second-order valence-electron chi connectivity index (χ2n) is 6.89. The van der Waals surface area contributed by atoms with E-state index in [-0.39, 0.29) is 16.7 Å². The number of rotatable bonds is 6. The van der Waals surface area contributed by atoms with Gasteiger partial charge in [-0.2, -0.15) is 0 Å². The summed E-state index contributed by atoms with van der Waals surface area (Å²) in [5.41, 5.74) is 1.88. The van der Waals surface area contributed by atoms with Gasteiger partial charge in [0.2, 0.25) is 15.9 Å². The molecule has 148 valence electrons. The van der Waals surface area contributed by atoms with Crippen LogP contribution in [0.2, 0.25) is 0 Å². The Morgan fingerprint density at radius 2 is 1.86 bits per heavy atom. The van der Waals surface area contributed by atoms with E-state index >= 15 is 0 Å². The van der Waals surface area contributed by atoms with Crippen molar-refractivity contribution in [2.24, 2.45) is 0 Å². The lowest BCUT2D eigenvalue weighted by Crippen LogP contribution is -2.24. The van der Waals surface area contributed by atoms with E-state index in [4.69, 9.17) is 0 Å². The number of hydrogen-bond donors (Lipinski definition) is 1. The summed E-state index contributed by atoms with van der Waals surface area (Å²) in [5.74, 6) is -0.152. The summed E-state index contributed by atoms with van der Waals surface area (Å²) in [6.07, 6.45) is 1.46. The number of likely N-dealkylation sites (tertiary alicyclic amines) is 1. The zero-order valence-corrected chi connectivity index (χ0v) is 16.7. The molecule has 1 saturated heterocycles. The predicted octanol–water partition coefficient (Wildman–Crippen LogP) is 2.31. The largest absolute Gasteiger partial charge is 0.338 e. The Hall–Kier alpha value is -2.71. The summed E-state index contributed by atoms with van der Waals surface area (Å²) in [5, 5.41) is 2.77. The Labute approximate surface area is 165 Å². The Kier molecular flexibility index (Phi) is 5.81. The van der Waals surface area contributed by atoms with Crippen LogP contribution >= 0.6 is 0 Å². The fourth-order valence-corrected chi connectivity index (χ4v) is 3.93. The lowest BCUT2D eigenvalue weighted by molar-refractivity contribution is -0.128. The van der Waals surface area contributed by atoms with Gasteiger partial charge >= 0.3 is 0 Å². The van der Waals surface area contributed by atoms with Crippen LogP contribution in [-0.4, -0.2) is 50.1 Å². The molecule has 2 aromatic carbocycles. The molecule has 7 nitrogen and oxygen atoms in total. The van der Waals surface area contributed by atoms with Gasteiger partial charge in [-0.05, 0) is 48.4 Å². The highest BCUT2D eigenvalue weighted by Gasteiger charge is 2.20. The molecule has 0 aromatic heterocycles. The number of sulfonamides is 1. The maximum absolute atomic E-state index is 12.5. The first-order valence-electron chi connectivity index (χ1n) is 8.98. The highest BCUT2D eigenvalue weighted by atomic mass is 32.2. The van der Waals surface area contributed by atoms with Gasteiger partial charge in [0.25, 0.3) is 5.91 Å². The van der Waals surface area contributed by atoms with Crippen LogP contribution in [-0.2, 0) is 21.4 Å². The van der Waals surface area contributed by atoms with E-state index in [2.05, 4.69) is 5.32 Å². The molecule has 0 spiro atoms. The van der Waals surface area contributed by atoms with Crippen molar-refractivity contribution in [2.45, 2.75) is 24.3 Å². The molecule has 1 heterocycles. The molecule has 28 heavy (non-hydrogen) atoms. The van der Waals surface area contributed by atoms with Crippen LogP contribution in [0.5, 0.6) is 0 Å². The topological polar surface area (TPSA) is 86.8 Å². The normalized spacial score (nSPS) is 14.5. The Morgan fingerprint density at radius 1 is 1.14 bits per heavy atom. The van der Waals surface area contributed by atoms with Crippen molar-refractivity contribution >= 4 is 27.5 Å². The monoisotopic (exact) mass is 401 g/mol. The molecule has 8 heteroatoms. The number of carbonyl (C=O) groups excluding carboxylic acids is 2. The summed E-state index contributed by atoms with van der Waals surface area (Å²) < 4.78 is 25.3. The fraction of sp³-hybridized carbons (Fsp3) is 0.300. The maximum atomic E-state index is 12.5. The first-order chi connectivity index (χ1) is 13.3. The zero-order chi connectivity index (χ0) is 20.3. The zero-order valence-electron chi connectivity index (χ0n) is 15.9. The van der Waals surface area contributed by atoms with E-state index in [0.717, 1.165) is 22.8 Å². The lowest BCUT2D eigenvalue weighted by atomic mass is 10.1. The van der Waals surface area contributed by atoms with Crippen LogP contribution < -0.4 is 5.32 Å². The summed E-state index contributed by atoms with van der Waals surface area (Å²) in [6.45, 7) is 1.24. The molecule has 0 atom stereocenters. The standard InChI is InChI=1S/C20H23N3O4S/c1-22(2)28(26,27)18-10-8-17(9-11-18)21-20(25)16-6-3-5-15(13-16)14-23-12-4-7-19(23)24/h3,5-6,8-11,13H,4,7,12,14H2,1-2H3,(H,21,25). The van der Waals surface area contributed by atoms with E-state index in [9.17, 15) is 18.0 Å². The van der Waals surface area contributed by atoms with Crippen LogP contribution in [0.3, 0.4) is 0 Å². The average Bonchev–Trinajstić information content (AvgIpc) is 3.07. The van der Waals surface area contributed by atoms with Crippen LogP contribution in [0.4, 0.5) is 5.69 Å². The molecule has 0 bridgehead atoms. The summed E-state index contributed by atoms with van der Waals surface area (Å²) in [7, 11) is -0.576. The third kappa shape index (κ3) is 4.40. The fourth-order valence-electron chi connectivity index (χ4n) is 3.03. The van der Waals surface area contributed by atoms with Gasteiger partial charge in [-0.25, -0.2) is 12.7 Å². The van der Waals surface area contributed by atoms with E-state index in [0.29, 0.717) is 24.2 Å². The van der Waals surface area contributed by atoms with Crippen LogP contribution in [0, 0.1) is 0 Å². The highest BCUT2D eigenvalue weighted by Crippen LogP contribution is 2.18. The van der Waals surface area contributed by atoms with E-state index in [1.165, 1.54) is 26.2 Å². The average molecular weight is 401 g/mol. The molecule has 0 unspecified atom stereocenters. The highest BCUT2D eigenvalue weighted by molar-refractivity contribution is 7.89. The van der Waals surface area contributed by atoms with Crippen molar-refractivity contribution in [3.63, 3.8) is 0 Å². The van der Waals surface area contributed by atoms with Gasteiger partial charge in [-0.1, -0.05) is 12.1 Å². The minimum atomic E-state index is -3.51. The van der Waals surface area contributed by atoms with Gasteiger partial charge < -0.3 is 10.2 Å². The smallest absolute Gasteiger partial charge is 0.255 e. The van der Waals surface area contributed by atoms with E-state index < -0.39 is 10.0 Å². The van der Waals surface area contributed by atoms with Gasteiger partial charge in [-0.3, -0.25) is 9.59 Å². The van der Waals surface area contributed by atoms with Gasteiger partial charge in [0.05, 0.1) is 4.90 Å². The summed E-state index contributed by atoms with van der Waals surface area (Å²) >= 11 is 0. The number of nitrogens with zero attached hydrogens (tertiary/aromatic N) is 2. The van der Waals surface area contributed by atoms with Gasteiger partial charge in [0, 0.05) is 44.9 Å². The van der Waals surface area contributed by atoms with Gasteiger partial charge in [0.15, 0.2) is 0 Å². The molecule has 2 aromatic rings. The minimum absolute atomic E-state index is 0.141. The molecule has 1 aliphatic heterocycles. The molecule has 0 saturated carbocycles. The van der Waals surface area contributed by atoms with Crippen LogP contribution in [0.15, 0.2) is 53.4 Å². The summed E-state index contributed by atoms with van der Waals surface area (Å²) in [6, 6.07) is 13.2.